The molecule has 0 radical (unpaired) electrons. The molecule has 2 aromatic rings. The minimum absolute atomic E-state index is 0.295. The number of aromatic nitrogens is 3. The van der Waals surface area contributed by atoms with Crippen LogP contribution in [-0.4, -0.2) is 57.7 Å². The van der Waals surface area contributed by atoms with Gasteiger partial charge in [-0.25, -0.2) is 4.99 Å². The molecule has 156 valence electrons. The van der Waals surface area contributed by atoms with E-state index in [1.165, 1.54) is 0 Å². The summed E-state index contributed by atoms with van der Waals surface area (Å²) in [6, 6.07) is 10.00. The topological polar surface area (TPSA) is 87.4 Å². The van der Waals surface area contributed by atoms with Crippen LogP contribution in [0.3, 0.4) is 0 Å². The molecule has 1 aliphatic rings. The number of rotatable bonds is 8. The van der Waals surface area contributed by atoms with Crippen LogP contribution in [-0.2, 0) is 11.3 Å². The van der Waals surface area contributed by atoms with Gasteiger partial charge >= 0.3 is 0 Å². The van der Waals surface area contributed by atoms with E-state index in [0.29, 0.717) is 18.9 Å². The fraction of sp³-hybridized carbons (Fsp3) is 0.524. The second-order valence-corrected chi connectivity index (χ2v) is 7.12. The van der Waals surface area contributed by atoms with E-state index in [0.717, 1.165) is 69.3 Å². The Labute approximate surface area is 172 Å². The smallest absolute Gasteiger partial charge is 0.222 e. The Hall–Kier alpha value is -2.90. The third-order valence-corrected chi connectivity index (χ3v) is 4.94. The van der Waals surface area contributed by atoms with E-state index >= 15 is 0 Å². The fourth-order valence-corrected chi connectivity index (χ4v) is 3.41. The minimum Gasteiger partial charge on any atom is -0.357 e. The van der Waals surface area contributed by atoms with Crippen LogP contribution in [0, 0.1) is 0 Å². The number of likely N-dealkylation sites (tertiary alicyclic amines) is 1. The van der Waals surface area contributed by atoms with Gasteiger partial charge in [0.05, 0.1) is 0 Å². The van der Waals surface area contributed by atoms with Crippen molar-refractivity contribution in [1.29, 1.82) is 0 Å². The first kappa shape index (κ1) is 20.8. The zero-order valence-corrected chi connectivity index (χ0v) is 17.2. The highest BCUT2D eigenvalue weighted by Gasteiger charge is 2.15. The van der Waals surface area contributed by atoms with Crippen molar-refractivity contribution in [1.82, 2.24) is 30.3 Å². The molecule has 3 rings (SSSR count). The highest BCUT2D eigenvalue weighted by Crippen LogP contribution is 2.11. The first-order valence-electron chi connectivity index (χ1n) is 10.5. The molecule has 2 heterocycles. The second-order valence-electron chi connectivity index (χ2n) is 7.12. The zero-order valence-electron chi connectivity index (χ0n) is 17.2. The maximum absolute atomic E-state index is 12.1. The van der Waals surface area contributed by atoms with Gasteiger partial charge in [-0.3, -0.25) is 9.36 Å². The van der Waals surface area contributed by atoms with Crippen LogP contribution in [0.4, 0.5) is 0 Å². The number of para-hydroxylation sites is 1. The average Bonchev–Trinajstić information content (AvgIpc) is 3.12. The van der Waals surface area contributed by atoms with Gasteiger partial charge in [-0.2, -0.15) is 0 Å². The summed E-state index contributed by atoms with van der Waals surface area (Å²) in [6.07, 6.45) is 6.60. The summed E-state index contributed by atoms with van der Waals surface area (Å²) in [4.78, 5) is 18.7. The molecular formula is C21H31N7O. The van der Waals surface area contributed by atoms with Gasteiger partial charge in [0.25, 0.3) is 0 Å². The van der Waals surface area contributed by atoms with Gasteiger partial charge in [0.15, 0.2) is 11.8 Å². The second kappa shape index (κ2) is 11.2. The van der Waals surface area contributed by atoms with Crippen molar-refractivity contribution in [2.75, 3.05) is 26.2 Å². The molecule has 1 saturated heterocycles. The number of guanidine groups is 1. The lowest BCUT2D eigenvalue weighted by molar-refractivity contribution is -0.130. The van der Waals surface area contributed by atoms with Crippen molar-refractivity contribution >= 4 is 11.9 Å². The van der Waals surface area contributed by atoms with Crippen molar-refractivity contribution in [3.8, 4) is 5.69 Å². The van der Waals surface area contributed by atoms with Crippen LogP contribution in [0.2, 0.25) is 0 Å². The molecule has 1 aromatic heterocycles. The van der Waals surface area contributed by atoms with Crippen molar-refractivity contribution in [3.63, 3.8) is 0 Å². The molecule has 1 amide bonds. The van der Waals surface area contributed by atoms with E-state index in [-0.39, 0.29) is 0 Å². The van der Waals surface area contributed by atoms with Gasteiger partial charge in [0, 0.05) is 38.3 Å². The largest absolute Gasteiger partial charge is 0.357 e. The van der Waals surface area contributed by atoms with Gasteiger partial charge in [0.2, 0.25) is 5.91 Å². The Morgan fingerprint density at radius 2 is 2.03 bits per heavy atom. The summed E-state index contributed by atoms with van der Waals surface area (Å²) in [5.74, 6) is 1.82. The van der Waals surface area contributed by atoms with Gasteiger partial charge in [-0.05, 0) is 38.3 Å². The quantitative estimate of drug-likeness (QED) is 0.405. The molecule has 29 heavy (non-hydrogen) atoms. The summed E-state index contributed by atoms with van der Waals surface area (Å²) in [7, 11) is 0. The Morgan fingerprint density at radius 3 is 2.86 bits per heavy atom. The molecule has 2 N–H and O–H groups in total. The molecule has 8 heteroatoms. The van der Waals surface area contributed by atoms with E-state index in [4.69, 9.17) is 0 Å². The Bertz CT molecular complexity index is 787. The number of hydrogen-bond donors (Lipinski definition) is 2. The number of benzene rings is 1. The average molecular weight is 398 g/mol. The maximum atomic E-state index is 12.1. The predicted molar refractivity (Wildman–Crippen MR) is 114 cm³/mol. The van der Waals surface area contributed by atoms with E-state index in [2.05, 4.69) is 25.8 Å². The molecule has 0 spiro atoms. The number of nitrogens with one attached hydrogen (secondary N) is 2. The molecule has 0 bridgehead atoms. The van der Waals surface area contributed by atoms with Crippen LogP contribution < -0.4 is 10.6 Å². The number of aliphatic imine (C=N–C) groups is 1. The lowest BCUT2D eigenvalue weighted by atomic mass is 10.2. The molecular weight excluding hydrogens is 366 g/mol. The molecule has 0 unspecified atom stereocenters. The molecule has 0 saturated carbocycles. The van der Waals surface area contributed by atoms with Crippen molar-refractivity contribution in [2.24, 2.45) is 4.99 Å². The van der Waals surface area contributed by atoms with Crippen molar-refractivity contribution in [2.45, 2.75) is 45.6 Å². The third-order valence-electron chi connectivity index (χ3n) is 4.94. The van der Waals surface area contributed by atoms with E-state index < -0.39 is 0 Å². The van der Waals surface area contributed by atoms with Gasteiger partial charge in [0.1, 0.15) is 12.9 Å². The van der Waals surface area contributed by atoms with E-state index in [1.54, 1.807) is 6.33 Å². The van der Waals surface area contributed by atoms with Crippen LogP contribution in [0.25, 0.3) is 5.69 Å². The van der Waals surface area contributed by atoms with Crippen molar-refractivity contribution in [3.05, 3.63) is 42.5 Å². The van der Waals surface area contributed by atoms with Crippen LogP contribution in [0.15, 0.2) is 41.7 Å². The molecule has 0 aliphatic carbocycles. The highest BCUT2D eigenvalue weighted by molar-refractivity contribution is 5.79. The van der Waals surface area contributed by atoms with Gasteiger partial charge < -0.3 is 15.5 Å². The SMILES string of the molecule is CCNC(=NCc1nncn1-c1ccccc1)NCCCN1CCCCCC1=O. The molecule has 8 nitrogen and oxygen atoms in total. The van der Waals surface area contributed by atoms with Crippen molar-refractivity contribution < 1.29 is 4.79 Å². The van der Waals surface area contributed by atoms with E-state index in [9.17, 15) is 4.79 Å². The Kier molecular flexibility index (Phi) is 8.03. The summed E-state index contributed by atoms with van der Waals surface area (Å²) in [5, 5.41) is 14.9. The third kappa shape index (κ3) is 6.30. The lowest BCUT2D eigenvalue weighted by Crippen LogP contribution is -2.39. The number of carbonyl (C=O) groups is 1. The first-order chi connectivity index (χ1) is 14.3. The number of hydrogen-bond acceptors (Lipinski definition) is 4. The molecule has 1 fully saturated rings. The normalized spacial score (nSPS) is 15.3. The molecule has 0 atom stereocenters. The summed E-state index contributed by atoms with van der Waals surface area (Å²) < 4.78 is 1.94. The summed E-state index contributed by atoms with van der Waals surface area (Å²) in [5.41, 5.74) is 1.02. The van der Waals surface area contributed by atoms with Gasteiger partial charge in [-0.1, -0.05) is 24.6 Å². The number of carbonyl (C=O) groups excluding carboxylic acids is 1. The standard InChI is InChI=1S/C21H31N7O/c1-2-22-21(23-13-9-15-27-14-8-4-7-12-20(27)29)24-16-19-26-25-17-28(19)18-10-5-3-6-11-18/h3,5-6,10-11,17H,2,4,7-9,12-16H2,1H3,(H2,22,23,24). The highest BCUT2D eigenvalue weighted by atomic mass is 16.2. The number of amides is 1. The molecule has 1 aliphatic heterocycles. The summed E-state index contributed by atoms with van der Waals surface area (Å²) in [6.45, 7) is 5.70. The minimum atomic E-state index is 0.295. The van der Waals surface area contributed by atoms with Gasteiger partial charge in [-0.15, -0.1) is 10.2 Å². The van der Waals surface area contributed by atoms with E-state index in [1.807, 2.05) is 46.7 Å². The van der Waals surface area contributed by atoms with Crippen LogP contribution in [0.1, 0.15) is 44.9 Å². The summed E-state index contributed by atoms with van der Waals surface area (Å²) >= 11 is 0. The molecule has 1 aromatic carbocycles. The first-order valence-corrected chi connectivity index (χ1v) is 10.5. The van der Waals surface area contributed by atoms with Crippen LogP contribution >= 0.6 is 0 Å². The van der Waals surface area contributed by atoms with Crippen LogP contribution in [0.5, 0.6) is 0 Å². The monoisotopic (exact) mass is 397 g/mol. The lowest BCUT2D eigenvalue weighted by Gasteiger charge is -2.20. The Balaban J connectivity index is 1.51. The predicted octanol–water partition coefficient (Wildman–Crippen LogP) is 2.12. The Morgan fingerprint density at radius 1 is 1.17 bits per heavy atom. The number of nitrogens with zero attached hydrogens (tertiary/aromatic N) is 5. The zero-order chi connectivity index (χ0) is 20.3. The maximum Gasteiger partial charge on any atom is 0.222 e. The fourth-order valence-electron chi connectivity index (χ4n) is 3.41.